The topological polar surface area (TPSA) is 52.7 Å². The van der Waals surface area contributed by atoms with Crippen molar-refractivity contribution in [3.05, 3.63) is 34.9 Å². The number of nitrogens with zero attached hydrogens (tertiary/aromatic N) is 2. The summed E-state index contributed by atoms with van der Waals surface area (Å²) in [6.45, 7) is 0.531. The Kier molecular flexibility index (Phi) is 3.31. The molecule has 17 heavy (non-hydrogen) atoms. The zero-order valence-electron chi connectivity index (χ0n) is 9.31. The van der Waals surface area contributed by atoms with Crippen LogP contribution in [0.2, 0.25) is 5.02 Å². The van der Waals surface area contributed by atoms with E-state index in [-0.39, 0.29) is 18.5 Å². The summed E-state index contributed by atoms with van der Waals surface area (Å²) in [6, 6.07) is 6.86. The summed E-state index contributed by atoms with van der Waals surface area (Å²) >= 11 is 5.78. The molecule has 0 bridgehead atoms. The number of benzene rings is 1. The van der Waals surface area contributed by atoms with E-state index in [0.29, 0.717) is 11.6 Å². The normalized spacial score (nSPS) is 16.6. The van der Waals surface area contributed by atoms with Crippen molar-refractivity contribution in [2.75, 3.05) is 13.6 Å². The van der Waals surface area contributed by atoms with E-state index in [1.54, 1.807) is 12.1 Å². The average molecular weight is 254 g/mol. The molecule has 0 saturated carbocycles. The predicted molar refractivity (Wildman–Crippen MR) is 63.2 cm³/mol. The number of hydrogen-bond donors (Lipinski definition) is 1. The van der Waals surface area contributed by atoms with Crippen LogP contribution < -0.4 is 5.43 Å². The van der Waals surface area contributed by atoms with Gasteiger partial charge in [0, 0.05) is 12.1 Å². The third kappa shape index (κ3) is 2.57. The van der Waals surface area contributed by atoms with Gasteiger partial charge in [-0.2, -0.15) is 0 Å². The molecule has 1 N–H and O–H groups in total. The van der Waals surface area contributed by atoms with E-state index < -0.39 is 0 Å². The van der Waals surface area contributed by atoms with Crippen molar-refractivity contribution in [3.8, 4) is 0 Å². The van der Waals surface area contributed by atoms with E-state index in [0.717, 1.165) is 10.5 Å². The average Bonchev–Trinajstić information content (AvgIpc) is 2.33. The molecule has 0 spiro atoms. The molecule has 1 aliphatic heterocycles. The molecule has 2 rings (SSSR count). The summed E-state index contributed by atoms with van der Waals surface area (Å²) < 4.78 is 0. The number of nitrogens with one attached hydrogen (secondary N) is 1. The molecule has 0 unspecified atom stereocenters. The zero-order chi connectivity index (χ0) is 12.4. The van der Waals surface area contributed by atoms with Gasteiger partial charge >= 0.3 is 6.03 Å². The largest absolute Gasteiger partial charge is 0.341 e. The zero-order valence-corrected chi connectivity index (χ0v) is 10.1. The van der Waals surface area contributed by atoms with Gasteiger partial charge in [0.15, 0.2) is 0 Å². The summed E-state index contributed by atoms with van der Waals surface area (Å²) in [7, 11) is 1.47. The van der Waals surface area contributed by atoms with Gasteiger partial charge in [0.2, 0.25) is 5.91 Å². The van der Waals surface area contributed by atoms with Crippen molar-refractivity contribution in [2.24, 2.45) is 0 Å². The molecular formula is C11H12ClN3O2. The summed E-state index contributed by atoms with van der Waals surface area (Å²) in [4.78, 5) is 24.1. The fourth-order valence-corrected chi connectivity index (χ4v) is 1.66. The van der Waals surface area contributed by atoms with E-state index >= 15 is 0 Å². The lowest BCUT2D eigenvalue weighted by molar-refractivity contribution is -0.130. The van der Waals surface area contributed by atoms with Crippen LogP contribution in [-0.4, -0.2) is 35.4 Å². The summed E-state index contributed by atoms with van der Waals surface area (Å²) in [5.74, 6) is -0.234. The molecule has 3 amide bonds. The molecular weight excluding hydrogens is 242 g/mol. The number of carbonyl (C=O) groups is 2. The number of likely N-dealkylation sites (N-methyl/N-ethyl adjacent to an activating group) is 1. The van der Waals surface area contributed by atoms with Crippen molar-refractivity contribution >= 4 is 23.5 Å². The number of amides is 3. The summed E-state index contributed by atoms with van der Waals surface area (Å²) in [6.07, 6.45) is 0. The number of halogens is 1. The van der Waals surface area contributed by atoms with Crippen LogP contribution in [0.3, 0.4) is 0 Å². The van der Waals surface area contributed by atoms with Crippen LogP contribution >= 0.6 is 11.6 Å². The van der Waals surface area contributed by atoms with E-state index in [1.165, 1.54) is 12.1 Å². The Bertz CT molecular complexity index is 447. The highest BCUT2D eigenvalue weighted by atomic mass is 35.5. The first-order valence-corrected chi connectivity index (χ1v) is 5.52. The van der Waals surface area contributed by atoms with E-state index in [1.807, 2.05) is 12.1 Å². The maximum absolute atomic E-state index is 11.7. The third-order valence-electron chi connectivity index (χ3n) is 2.57. The van der Waals surface area contributed by atoms with Crippen molar-refractivity contribution in [1.29, 1.82) is 0 Å². The highest BCUT2D eigenvalue weighted by Crippen LogP contribution is 2.12. The molecule has 1 saturated heterocycles. The highest BCUT2D eigenvalue weighted by Gasteiger charge is 2.28. The molecule has 1 aromatic rings. The fourth-order valence-electron chi connectivity index (χ4n) is 1.53. The van der Waals surface area contributed by atoms with Gasteiger partial charge < -0.3 is 0 Å². The number of hydrogen-bond acceptors (Lipinski definition) is 3. The number of urea groups is 1. The Hall–Kier alpha value is -1.59. The molecule has 0 aliphatic carbocycles. The van der Waals surface area contributed by atoms with Gasteiger partial charge in [-0.1, -0.05) is 23.7 Å². The van der Waals surface area contributed by atoms with Crippen LogP contribution in [0.15, 0.2) is 24.3 Å². The van der Waals surface area contributed by atoms with Crippen LogP contribution in [0.4, 0.5) is 4.79 Å². The molecule has 1 heterocycles. The maximum atomic E-state index is 11.7. The molecule has 6 heteroatoms. The Balaban J connectivity index is 2.06. The minimum Gasteiger partial charge on any atom is -0.273 e. The second-order valence-corrected chi connectivity index (χ2v) is 4.22. The van der Waals surface area contributed by atoms with Crippen LogP contribution in [0, 0.1) is 0 Å². The van der Waals surface area contributed by atoms with Crippen LogP contribution in [-0.2, 0) is 11.3 Å². The lowest BCUT2D eigenvalue weighted by Gasteiger charge is -2.32. The van der Waals surface area contributed by atoms with Crippen molar-refractivity contribution < 1.29 is 9.59 Å². The van der Waals surface area contributed by atoms with Crippen LogP contribution in [0.1, 0.15) is 5.56 Å². The quantitative estimate of drug-likeness (QED) is 0.863. The fraction of sp³-hybridized carbons (Fsp3) is 0.273. The van der Waals surface area contributed by atoms with Crippen molar-refractivity contribution in [3.63, 3.8) is 0 Å². The van der Waals surface area contributed by atoms with Gasteiger partial charge in [-0.3, -0.25) is 14.7 Å². The number of rotatable bonds is 2. The first kappa shape index (κ1) is 11.9. The van der Waals surface area contributed by atoms with Gasteiger partial charge in [0.05, 0.1) is 13.1 Å². The number of hydrazine groups is 1. The summed E-state index contributed by atoms with van der Waals surface area (Å²) in [5.41, 5.74) is 3.71. The lowest BCUT2D eigenvalue weighted by atomic mass is 10.2. The summed E-state index contributed by atoms with van der Waals surface area (Å²) in [5, 5.41) is 2.06. The molecule has 0 atom stereocenters. The van der Waals surface area contributed by atoms with Gasteiger partial charge in [0.1, 0.15) is 0 Å². The SMILES string of the molecule is CN1C(=O)CNN(Cc2ccc(Cl)cc2)C1=O. The molecule has 0 aromatic heterocycles. The lowest BCUT2D eigenvalue weighted by Crippen LogP contribution is -2.58. The van der Waals surface area contributed by atoms with Gasteiger partial charge in [-0.05, 0) is 17.7 Å². The minimum atomic E-state index is -0.351. The second-order valence-electron chi connectivity index (χ2n) is 3.78. The number of imide groups is 1. The Morgan fingerprint density at radius 3 is 2.59 bits per heavy atom. The highest BCUT2D eigenvalue weighted by molar-refractivity contribution is 6.30. The maximum Gasteiger partial charge on any atom is 0.341 e. The third-order valence-corrected chi connectivity index (χ3v) is 2.82. The molecule has 1 aromatic carbocycles. The molecule has 0 radical (unpaired) electrons. The standard InChI is InChI=1S/C11H12ClN3O2/c1-14-10(16)6-13-15(11(14)17)7-8-2-4-9(12)5-3-8/h2-5,13H,6-7H2,1H3. The van der Waals surface area contributed by atoms with E-state index in [2.05, 4.69) is 5.43 Å². The minimum absolute atomic E-state index is 0.135. The van der Waals surface area contributed by atoms with Crippen LogP contribution in [0.5, 0.6) is 0 Å². The van der Waals surface area contributed by atoms with Gasteiger partial charge in [-0.15, -0.1) is 0 Å². The second kappa shape index (κ2) is 4.73. The number of carbonyl (C=O) groups excluding carboxylic acids is 2. The van der Waals surface area contributed by atoms with Gasteiger partial charge in [-0.25, -0.2) is 10.2 Å². The monoisotopic (exact) mass is 253 g/mol. The van der Waals surface area contributed by atoms with E-state index in [9.17, 15) is 9.59 Å². The Labute approximate surface area is 104 Å². The smallest absolute Gasteiger partial charge is 0.273 e. The van der Waals surface area contributed by atoms with Crippen molar-refractivity contribution in [2.45, 2.75) is 6.54 Å². The Morgan fingerprint density at radius 2 is 1.94 bits per heavy atom. The van der Waals surface area contributed by atoms with Gasteiger partial charge in [0.25, 0.3) is 0 Å². The van der Waals surface area contributed by atoms with Crippen LogP contribution in [0.25, 0.3) is 0 Å². The molecule has 5 nitrogen and oxygen atoms in total. The molecule has 1 aliphatic rings. The predicted octanol–water partition coefficient (Wildman–Crippen LogP) is 1.24. The van der Waals surface area contributed by atoms with Crippen molar-refractivity contribution in [1.82, 2.24) is 15.3 Å². The first-order valence-electron chi connectivity index (χ1n) is 5.14. The Morgan fingerprint density at radius 1 is 1.29 bits per heavy atom. The molecule has 90 valence electrons. The molecule has 1 fully saturated rings. The first-order chi connectivity index (χ1) is 8.08. The van der Waals surface area contributed by atoms with E-state index in [4.69, 9.17) is 11.6 Å².